The van der Waals surface area contributed by atoms with Gasteiger partial charge in [-0.05, 0) is 38.5 Å². The van der Waals surface area contributed by atoms with Gasteiger partial charge in [0.05, 0.1) is 0 Å². The number of hydrogen-bond acceptors (Lipinski definition) is 4. The first-order chi connectivity index (χ1) is 15.3. The first kappa shape index (κ1) is 31.5. The third-order valence-corrected chi connectivity index (χ3v) is 4.54. The van der Waals surface area contributed by atoms with Crippen molar-refractivity contribution in [3.8, 4) is 0 Å². The maximum Gasteiger partial charge on any atom is 0.327 e. The maximum absolute atomic E-state index is 10.2. The molecule has 0 spiro atoms. The van der Waals surface area contributed by atoms with Crippen LogP contribution in [0.5, 0.6) is 0 Å². The second-order valence-corrected chi connectivity index (χ2v) is 7.59. The molecule has 0 heterocycles. The van der Waals surface area contributed by atoms with Crippen molar-refractivity contribution in [1.82, 2.24) is 0 Å². The van der Waals surface area contributed by atoms with Crippen LogP contribution in [-0.4, -0.2) is 44.3 Å². The van der Waals surface area contributed by atoms with Crippen LogP contribution in [0.25, 0.3) is 0 Å². The first-order valence-corrected chi connectivity index (χ1v) is 11.5. The van der Waals surface area contributed by atoms with Gasteiger partial charge in [-0.15, -0.1) is 0 Å². The van der Waals surface area contributed by atoms with E-state index < -0.39 is 23.9 Å². The number of unbranched alkanes of at least 4 members (excludes halogenated alkanes) is 12. The topological polar surface area (TPSA) is 149 Å². The summed E-state index contributed by atoms with van der Waals surface area (Å²) in [5.41, 5.74) is 0. The van der Waals surface area contributed by atoms with Gasteiger partial charge in [-0.1, -0.05) is 63.5 Å². The minimum atomic E-state index is -0.904. The lowest BCUT2D eigenvalue weighted by Gasteiger charge is -2.00. The normalized spacial score (nSPS) is 10.8. The highest BCUT2D eigenvalue weighted by Gasteiger charge is 1.98. The highest BCUT2D eigenvalue weighted by molar-refractivity contribution is 5.79. The fraction of sp³-hybridized carbons (Fsp3) is 0.667. The molecular weight excluding hydrogens is 416 g/mol. The Morgan fingerprint density at radius 3 is 1.00 bits per heavy atom. The van der Waals surface area contributed by atoms with Crippen LogP contribution in [0.15, 0.2) is 24.3 Å². The Balaban J connectivity index is 0. The molecule has 0 bridgehead atoms. The monoisotopic (exact) mass is 456 g/mol. The molecule has 184 valence electrons. The molecule has 0 aliphatic rings. The van der Waals surface area contributed by atoms with Crippen LogP contribution in [0.4, 0.5) is 0 Å². The number of carboxylic acid groups (broad SMARTS) is 4. The molecule has 0 rings (SSSR count). The summed E-state index contributed by atoms with van der Waals surface area (Å²) in [6.45, 7) is 0. The van der Waals surface area contributed by atoms with Crippen LogP contribution in [0.1, 0.15) is 103 Å². The molecule has 0 saturated carbocycles. The summed E-state index contributed by atoms with van der Waals surface area (Å²) in [6, 6.07) is 0. The van der Waals surface area contributed by atoms with Gasteiger partial charge in [0.2, 0.25) is 0 Å². The van der Waals surface area contributed by atoms with Gasteiger partial charge in [0, 0.05) is 25.0 Å². The highest BCUT2D eigenvalue weighted by Crippen LogP contribution is 2.10. The van der Waals surface area contributed by atoms with Crippen LogP contribution in [0, 0.1) is 0 Å². The van der Waals surface area contributed by atoms with Crippen LogP contribution in [0.2, 0.25) is 0 Å². The Morgan fingerprint density at radius 1 is 0.438 bits per heavy atom. The van der Waals surface area contributed by atoms with Crippen molar-refractivity contribution < 1.29 is 39.6 Å². The number of aliphatic carboxylic acids is 4. The van der Waals surface area contributed by atoms with E-state index in [-0.39, 0.29) is 12.8 Å². The molecular formula is C24H40O8. The molecule has 0 radical (unpaired) electrons. The number of carboxylic acids is 4. The molecule has 0 aromatic rings. The first-order valence-electron chi connectivity index (χ1n) is 11.5. The standard InChI is InChI=1S/C12H22O4.C12H18O4/c2*13-11(14)9-7-5-3-1-2-4-6-8-10-12(15)16/h1-10H2,(H,13,14)(H,15,16);7-10H,1-6H2,(H,13,14)(H,15,16). The van der Waals surface area contributed by atoms with Gasteiger partial charge in [0.1, 0.15) is 0 Å². The SMILES string of the molecule is O=C(O)C=CCCCCCCC=CC(=O)O.O=C(O)CCCCCCCCCCC(=O)O. The molecule has 0 aromatic carbocycles. The molecule has 0 aliphatic carbocycles. The van der Waals surface area contributed by atoms with Crippen molar-refractivity contribution in [1.29, 1.82) is 0 Å². The van der Waals surface area contributed by atoms with Crippen molar-refractivity contribution in [2.45, 2.75) is 103 Å². The molecule has 8 nitrogen and oxygen atoms in total. The van der Waals surface area contributed by atoms with Gasteiger partial charge in [-0.2, -0.15) is 0 Å². The van der Waals surface area contributed by atoms with Gasteiger partial charge < -0.3 is 20.4 Å². The van der Waals surface area contributed by atoms with Crippen molar-refractivity contribution in [3.63, 3.8) is 0 Å². The van der Waals surface area contributed by atoms with E-state index in [9.17, 15) is 19.2 Å². The summed E-state index contributed by atoms with van der Waals surface area (Å²) in [7, 11) is 0. The van der Waals surface area contributed by atoms with Gasteiger partial charge >= 0.3 is 23.9 Å². The van der Waals surface area contributed by atoms with Crippen LogP contribution < -0.4 is 0 Å². The van der Waals surface area contributed by atoms with Gasteiger partial charge in [0.25, 0.3) is 0 Å². The Kier molecular flexibility index (Phi) is 24.3. The van der Waals surface area contributed by atoms with Crippen molar-refractivity contribution in [2.24, 2.45) is 0 Å². The molecule has 0 atom stereocenters. The van der Waals surface area contributed by atoms with E-state index in [0.29, 0.717) is 0 Å². The lowest BCUT2D eigenvalue weighted by atomic mass is 10.1. The summed E-state index contributed by atoms with van der Waals surface area (Å²) in [5.74, 6) is -3.24. The Labute approximate surface area is 191 Å². The largest absolute Gasteiger partial charge is 0.481 e. The smallest absolute Gasteiger partial charge is 0.327 e. The molecule has 0 saturated heterocycles. The molecule has 32 heavy (non-hydrogen) atoms. The molecule has 0 aliphatic heterocycles. The zero-order chi connectivity index (χ0) is 24.5. The lowest BCUT2D eigenvalue weighted by molar-refractivity contribution is -0.138. The van der Waals surface area contributed by atoms with E-state index in [1.165, 1.54) is 0 Å². The zero-order valence-corrected chi connectivity index (χ0v) is 19.0. The second kappa shape index (κ2) is 24.6. The number of carbonyl (C=O) groups is 4. The predicted molar refractivity (Wildman–Crippen MR) is 123 cm³/mol. The minimum absolute atomic E-state index is 0.276. The van der Waals surface area contributed by atoms with E-state index >= 15 is 0 Å². The van der Waals surface area contributed by atoms with Gasteiger partial charge in [-0.25, -0.2) is 9.59 Å². The summed E-state index contributed by atoms with van der Waals surface area (Å²) in [6.07, 6.45) is 19.8. The summed E-state index contributed by atoms with van der Waals surface area (Å²) in [5, 5.41) is 33.5. The minimum Gasteiger partial charge on any atom is -0.481 e. The van der Waals surface area contributed by atoms with Crippen LogP contribution in [0.3, 0.4) is 0 Å². The molecule has 0 fully saturated rings. The maximum atomic E-state index is 10.2. The van der Waals surface area contributed by atoms with Crippen LogP contribution in [-0.2, 0) is 19.2 Å². The fourth-order valence-corrected chi connectivity index (χ4v) is 2.86. The summed E-state index contributed by atoms with van der Waals surface area (Å²) >= 11 is 0. The summed E-state index contributed by atoms with van der Waals surface area (Å²) in [4.78, 5) is 40.7. The van der Waals surface area contributed by atoms with Crippen molar-refractivity contribution >= 4 is 23.9 Å². The zero-order valence-electron chi connectivity index (χ0n) is 19.0. The highest BCUT2D eigenvalue weighted by atomic mass is 16.4. The van der Waals surface area contributed by atoms with E-state index in [1.807, 2.05) is 0 Å². The second-order valence-electron chi connectivity index (χ2n) is 7.59. The number of rotatable bonds is 20. The Hall–Kier alpha value is -2.64. The van der Waals surface area contributed by atoms with Gasteiger partial charge in [0.15, 0.2) is 0 Å². The Morgan fingerprint density at radius 2 is 0.719 bits per heavy atom. The molecule has 4 N–H and O–H groups in total. The molecule has 0 amide bonds. The van der Waals surface area contributed by atoms with Crippen molar-refractivity contribution in [2.75, 3.05) is 0 Å². The van der Waals surface area contributed by atoms with E-state index in [0.717, 1.165) is 102 Å². The predicted octanol–water partition coefficient (Wildman–Crippen LogP) is 5.67. The Bertz CT molecular complexity index is 516. The third-order valence-electron chi connectivity index (χ3n) is 4.54. The van der Waals surface area contributed by atoms with E-state index in [2.05, 4.69) is 0 Å². The molecule has 0 unspecified atom stereocenters. The van der Waals surface area contributed by atoms with Crippen molar-refractivity contribution in [3.05, 3.63) is 24.3 Å². The van der Waals surface area contributed by atoms with Crippen LogP contribution >= 0.6 is 0 Å². The molecule has 8 heteroatoms. The average molecular weight is 457 g/mol. The van der Waals surface area contributed by atoms with E-state index in [4.69, 9.17) is 20.4 Å². The lowest BCUT2D eigenvalue weighted by Crippen LogP contribution is -1.94. The summed E-state index contributed by atoms with van der Waals surface area (Å²) < 4.78 is 0. The third kappa shape index (κ3) is 34.8. The quantitative estimate of drug-likeness (QED) is 0.135. The number of hydrogen-bond donors (Lipinski definition) is 4. The fourth-order valence-electron chi connectivity index (χ4n) is 2.86. The number of allylic oxidation sites excluding steroid dienone is 2. The molecule has 0 aromatic heterocycles. The van der Waals surface area contributed by atoms with E-state index in [1.54, 1.807) is 12.2 Å². The average Bonchev–Trinajstić information content (AvgIpc) is 2.70. The van der Waals surface area contributed by atoms with Gasteiger partial charge in [-0.3, -0.25) is 9.59 Å².